The maximum absolute atomic E-state index is 6.24. The van der Waals surface area contributed by atoms with E-state index >= 15 is 0 Å². The summed E-state index contributed by atoms with van der Waals surface area (Å²) in [6.07, 6.45) is 6.23. The number of nitrogens with one attached hydrogen (secondary N) is 1. The largest absolute Gasteiger partial charge is 0.488 e. The fourth-order valence-corrected chi connectivity index (χ4v) is 2.67. The maximum atomic E-state index is 6.24. The predicted octanol–water partition coefficient (Wildman–Crippen LogP) is 5.39. The van der Waals surface area contributed by atoms with Crippen LogP contribution < -0.4 is 10.1 Å². The first-order valence-electron chi connectivity index (χ1n) is 8.62. The van der Waals surface area contributed by atoms with E-state index in [1.807, 2.05) is 13.0 Å². The Balaban J connectivity index is 2.17. The third kappa shape index (κ3) is 5.00. The summed E-state index contributed by atoms with van der Waals surface area (Å²) in [6.45, 7) is 14.0. The van der Waals surface area contributed by atoms with Crippen LogP contribution in [-0.4, -0.2) is 19.3 Å². The van der Waals surface area contributed by atoms with Gasteiger partial charge in [-0.2, -0.15) is 0 Å². The summed E-state index contributed by atoms with van der Waals surface area (Å²) in [7, 11) is 0. The van der Waals surface area contributed by atoms with E-state index in [-0.39, 0.29) is 6.10 Å². The molecule has 130 valence electrons. The molecule has 1 aromatic rings. The van der Waals surface area contributed by atoms with Crippen molar-refractivity contribution in [3.63, 3.8) is 0 Å². The lowest BCUT2D eigenvalue weighted by Crippen LogP contribution is -2.26. The van der Waals surface area contributed by atoms with Crippen molar-refractivity contribution >= 4 is 5.69 Å². The molecule has 0 amide bonds. The van der Waals surface area contributed by atoms with Gasteiger partial charge in [-0.25, -0.2) is 0 Å². The Hall–Kier alpha value is -2.00. The van der Waals surface area contributed by atoms with Crippen LogP contribution in [0.2, 0.25) is 0 Å². The third-order valence-corrected chi connectivity index (χ3v) is 4.35. The fraction of sp³-hybridized carbons (Fsp3) is 0.429. The van der Waals surface area contributed by atoms with Gasteiger partial charge in [-0.1, -0.05) is 24.8 Å². The summed E-state index contributed by atoms with van der Waals surface area (Å²) in [6, 6.07) is 6.24. The number of hydrogen-bond acceptors (Lipinski definition) is 3. The number of allylic oxidation sites excluding steroid dienone is 4. The van der Waals surface area contributed by atoms with Crippen molar-refractivity contribution in [2.24, 2.45) is 0 Å². The van der Waals surface area contributed by atoms with E-state index in [1.54, 1.807) is 0 Å². The van der Waals surface area contributed by atoms with Gasteiger partial charge in [-0.3, -0.25) is 0 Å². The van der Waals surface area contributed by atoms with Crippen LogP contribution in [0.4, 0.5) is 5.69 Å². The lowest BCUT2D eigenvalue weighted by molar-refractivity contribution is 0.0258. The number of rotatable bonds is 6. The van der Waals surface area contributed by atoms with Gasteiger partial charge >= 0.3 is 0 Å². The van der Waals surface area contributed by atoms with Crippen LogP contribution in [0.5, 0.6) is 5.75 Å². The molecule has 0 bridgehead atoms. The van der Waals surface area contributed by atoms with E-state index in [1.165, 1.54) is 11.1 Å². The highest BCUT2D eigenvalue weighted by Gasteiger charge is 2.17. The molecule has 0 atom stereocenters. The van der Waals surface area contributed by atoms with Crippen LogP contribution in [0, 0.1) is 6.92 Å². The van der Waals surface area contributed by atoms with Gasteiger partial charge in [-0.15, -0.1) is 0 Å². The average Bonchev–Trinajstić information content (AvgIpc) is 2.57. The zero-order chi connectivity index (χ0) is 17.5. The minimum absolute atomic E-state index is 0.218. The van der Waals surface area contributed by atoms with Crippen molar-refractivity contribution in [3.8, 4) is 5.75 Å². The quantitative estimate of drug-likeness (QED) is 0.710. The summed E-state index contributed by atoms with van der Waals surface area (Å²) >= 11 is 0. The molecule has 24 heavy (non-hydrogen) atoms. The average molecular weight is 327 g/mol. The molecule has 0 radical (unpaired) electrons. The monoisotopic (exact) mass is 327 g/mol. The standard InChI is InChI=1S/C21H29NO2/c1-6-7-16(3)17(4)18(5)22-20-9-8-15(2)14-21(20)24-19-10-12-23-13-11-19/h6-9,14,19,22H,5,10-13H2,1-4H3/b7-6-,17-16+. The Morgan fingerprint density at radius 2 is 2.00 bits per heavy atom. The van der Waals surface area contributed by atoms with Gasteiger partial charge in [0.2, 0.25) is 0 Å². The van der Waals surface area contributed by atoms with E-state index in [2.05, 4.69) is 56.9 Å². The van der Waals surface area contributed by atoms with Crippen molar-refractivity contribution in [1.29, 1.82) is 0 Å². The predicted molar refractivity (Wildman–Crippen MR) is 102 cm³/mol. The highest BCUT2D eigenvalue weighted by Crippen LogP contribution is 2.30. The second-order valence-electron chi connectivity index (χ2n) is 6.34. The van der Waals surface area contributed by atoms with E-state index in [0.29, 0.717) is 0 Å². The highest BCUT2D eigenvalue weighted by molar-refractivity contribution is 5.63. The number of anilines is 1. The van der Waals surface area contributed by atoms with Gasteiger partial charge in [0.25, 0.3) is 0 Å². The Morgan fingerprint density at radius 1 is 1.29 bits per heavy atom. The molecule has 0 aromatic heterocycles. The van der Waals surface area contributed by atoms with E-state index in [4.69, 9.17) is 9.47 Å². The third-order valence-electron chi connectivity index (χ3n) is 4.35. The minimum Gasteiger partial charge on any atom is -0.488 e. The fourth-order valence-electron chi connectivity index (χ4n) is 2.67. The van der Waals surface area contributed by atoms with E-state index < -0.39 is 0 Å². The van der Waals surface area contributed by atoms with Gasteiger partial charge in [0, 0.05) is 18.5 Å². The molecule has 1 aromatic carbocycles. The van der Waals surface area contributed by atoms with Crippen LogP contribution in [-0.2, 0) is 4.74 Å². The number of ether oxygens (including phenoxy) is 2. The summed E-state index contributed by atoms with van der Waals surface area (Å²) in [5.41, 5.74) is 5.39. The van der Waals surface area contributed by atoms with E-state index in [0.717, 1.165) is 48.8 Å². The summed E-state index contributed by atoms with van der Waals surface area (Å²) in [5.74, 6) is 0.888. The maximum Gasteiger partial charge on any atom is 0.143 e. The molecular weight excluding hydrogens is 298 g/mol. The van der Waals surface area contributed by atoms with Crippen molar-refractivity contribution in [1.82, 2.24) is 0 Å². The Bertz CT molecular complexity index is 637. The molecule has 0 unspecified atom stereocenters. The number of hydrogen-bond donors (Lipinski definition) is 1. The minimum atomic E-state index is 0.218. The van der Waals surface area contributed by atoms with Gasteiger partial charge in [-0.05, 0) is 56.5 Å². The molecule has 0 spiro atoms. The van der Waals surface area contributed by atoms with Crippen LogP contribution in [0.15, 0.2) is 53.8 Å². The second kappa shape index (κ2) is 8.74. The normalized spacial score (nSPS) is 16.8. The first-order chi connectivity index (χ1) is 11.5. The highest BCUT2D eigenvalue weighted by atomic mass is 16.5. The molecule has 3 nitrogen and oxygen atoms in total. The second-order valence-corrected chi connectivity index (χ2v) is 6.34. The Labute approximate surface area is 146 Å². The van der Waals surface area contributed by atoms with E-state index in [9.17, 15) is 0 Å². The summed E-state index contributed by atoms with van der Waals surface area (Å²) in [4.78, 5) is 0. The van der Waals surface area contributed by atoms with Gasteiger partial charge < -0.3 is 14.8 Å². The van der Waals surface area contributed by atoms with Crippen LogP contribution in [0.1, 0.15) is 39.2 Å². The molecule has 1 fully saturated rings. The molecule has 1 aliphatic heterocycles. The number of aryl methyl sites for hydroxylation is 1. The number of benzene rings is 1. The summed E-state index contributed by atoms with van der Waals surface area (Å²) < 4.78 is 11.7. The zero-order valence-electron chi connectivity index (χ0n) is 15.3. The van der Waals surface area contributed by atoms with Crippen molar-refractivity contribution in [3.05, 3.63) is 59.3 Å². The van der Waals surface area contributed by atoms with Gasteiger partial charge in [0.1, 0.15) is 11.9 Å². The Kier molecular flexibility index (Phi) is 6.68. The zero-order valence-corrected chi connectivity index (χ0v) is 15.3. The van der Waals surface area contributed by atoms with Crippen LogP contribution in [0.3, 0.4) is 0 Å². The molecular formula is C21H29NO2. The topological polar surface area (TPSA) is 30.5 Å². The lowest BCUT2D eigenvalue weighted by atomic mass is 10.1. The van der Waals surface area contributed by atoms with Crippen molar-refractivity contribution in [2.75, 3.05) is 18.5 Å². The first-order valence-corrected chi connectivity index (χ1v) is 8.62. The Morgan fingerprint density at radius 3 is 2.67 bits per heavy atom. The first kappa shape index (κ1) is 18.3. The van der Waals surface area contributed by atoms with Gasteiger partial charge in [0.15, 0.2) is 0 Å². The molecule has 1 aliphatic rings. The lowest BCUT2D eigenvalue weighted by Gasteiger charge is -2.25. The molecule has 1 saturated heterocycles. The van der Waals surface area contributed by atoms with Crippen LogP contribution >= 0.6 is 0 Å². The SMILES string of the molecule is C=C(Nc1ccc(C)cc1OC1CCOCC1)/C(C)=C(C)/C=C\C. The smallest absolute Gasteiger partial charge is 0.143 e. The van der Waals surface area contributed by atoms with Gasteiger partial charge in [0.05, 0.1) is 18.9 Å². The summed E-state index contributed by atoms with van der Waals surface area (Å²) in [5, 5.41) is 3.42. The van der Waals surface area contributed by atoms with Crippen molar-refractivity contribution in [2.45, 2.75) is 46.6 Å². The molecule has 1 heterocycles. The molecule has 3 heteroatoms. The molecule has 1 N–H and O–H groups in total. The van der Waals surface area contributed by atoms with Crippen molar-refractivity contribution < 1.29 is 9.47 Å². The molecule has 0 aliphatic carbocycles. The van der Waals surface area contributed by atoms with Crippen LogP contribution in [0.25, 0.3) is 0 Å². The molecule has 0 saturated carbocycles. The molecule has 2 rings (SSSR count).